The standard InChI is InChI=1S/C21H28N2O3S/c1-4-7-14-22-21(24)18-12-9-13-19(15-18)27(25,26)23-20-16(5-2)10-8-11-17(20)6-3/h8-13,15,23H,4-7,14H2,1-3H3,(H,22,24). The topological polar surface area (TPSA) is 75.3 Å². The second kappa shape index (κ2) is 9.55. The third-order valence-electron chi connectivity index (χ3n) is 4.46. The Hall–Kier alpha value is -2.34. The molecule has 1 amide bonds. The van der Waals surface area contributed by atoms with Crippen molar-refractivity contribution in [3.05, 3.63) is 59.2 Å². The monoisotopic (exact) mass is 388 g/mol. The number of aryl methyl sites for hydroxylation is 2. The molecule has 2 N–H and O–H groups in total. The Morgan fingerprint density at radius 3 is 2.19 bits per heavy atom. The number of amides is 1. The number of carbonyl (C=O) groups is 1. The highest BCUT2D eigenvalue weighted by Crippen LogP contribution is 2.26. The number of benzene rings is 2. The van der Waals surface area contributed by atoms with Crippen LogP contribution >= 0.6 is 0 Å². The molecule has 0 spiro atoms. The summed E-state index contributed by atoms with van der Waals surface area (Å²) in [7, 11) is -3.79. The van der Waals surface area contributed by atoms with Crippen molar-refractivity contribution in [3.8, 4) is 0 Å². The minimum Gasteiger partial charge on any atom is -0.352 e. The van der Waals surface area contributed by atoms with Crippen LogP contribution in [0.3, 0.4) is 0 Å². The second-order valence-electron chi connectivity index (χ2n) is 6.40. The lowest BCUT2D eigenvalue weighted by Crippen LogP contribution is -2.24. The van der Waals surface area contributed by atoms with Crippen LogP contribution in [0.2, 0.25) is 0 Å². The maximum Gasteiger partial charge on any atom is 0.261 e. The van der Waals surface area contributed by atoms with Gasteiger partial charge >= 0.3 is 0 Å². The molecule has 5 nitrogen and oxygen atoms in total. The van der Waals surface area contributed by atoms with Gasteiger partial charge in [-0.15, -0.1) is 0 Å². The Kier molecular flexibility index (Phi) is 7.42. The molecule has 0 aromatic heterocycles. The van der Waals surface area contributed by atoms with Crippen LogP contribution in [-0.4, -0.2) is 20.9 Å². The van der Waals surface area contributed by atoms with Crippen LogP contribution in [0.1, 0.15) is 55.1 Å². The lowest BCUT2D eigenvalue weighted by molar-refractivity contribution is 0.0953. The first-order chi connectivity index (χ1) is 12.9. The highest BCUT2D eigenvalue weighted by Gasteiger charge is 2.19. The molecule has 0 bridgehead atoms. The molecule has 0 aliphatic carbocycles. The average Bonchev–Trinajstić information content (AvgIpc) is 2.68. The van der Waals surface area contributed by atoms with Gasteiger partial charge in [0.1, 0.15) is 0 Å². The first kappa shape index (κ1) is 21.0. The normalized spacial score (nSPS) is 11.2. The Morgan fingerprint density at radius 2 is 1.59 bits per heavy atom. The predicted molar refractivity (Wildman–Crippen MR) is 110 cm³/mol. The summed E-state index contributed by atoms with van der Waals surface area (Å²) in [5.41, 5.74) is 2.88. The van der Waals surface area contributed by atoms with Gasteiger partial charge in [0.25, 0.3) is 15.9 Å². The van der Waals surface area contributed by atoms with Crippen LogP contribution in [-0.2, 0) is 22.9 Å². The smallest absolute Gasteiger partial charge is 0.261 e. The Balaban J connectivity index is 2.30. The average molecular weight is 389 g/mol. The van der Waals surface area contributed by atoms with Gasteiger partial charge in [0.2, 0.25) is 0 Å². The van der Waals surface area contributed by atoms with Gasteiger partial charge in [-0.2, -0.15) is 0 Å². The van der Waals surface area contributed by atoms with Gasteiger partial charge in [-0.25, -0.2) is 8.42 Å². The number of unbranched alkanes of at least 4 members (excludes halogenated alkanes) is 1. The number of carbonyl (C=O) groups excluding carboxylic acids is 1. The SMILES string of the molecule is CCCCNC(=O)c1cccc(S(=O)(=O)Nc2c(CC)cccc2CC)c1. The lowest BCUT2D eigenvalue weighted by Gasteiger charge is -2.16. The fourth-order valence-corrected chi connectivity index (χ4v) is 4.04. The van der Waals surface area contributed by atoms with E-state index in [9.17, 15) is 13.2 Å². The molecule has 0 radical (unpaired) electrons. The molecule has 0 aliphatic heterocycles. The fourth-order valence-electron chi connectivity index (χ4n) is 2.85. The van der Waals surface area contributed by atoms with Crippen molar-refractivity contribution in [2.45, 2.75) is 51.3 Å². The lowest BCUT2D eigenvalue weighted by atomic mass is 10.0. The summed E-state index contributed by atoms with van der Waals surface area (Å²) in [5, 5.41) is 2.81. The molecule has 2 aromatic carbocycles. The third-order valence-corrected chi connectivity index (χ3v) is 5.81. The molecule has 0 fully saturated rings. The van der Waals surface area contributed by atoms with E-state index in [0.717, 1.165) is 36.8 Å². The van der Waals surface area contributed by atoms with Gasteiger partial charge in [0.05, 0.1) is 10.6 Å². The molecule has 0 saturated heterocycles. The number of hydrogen-bond donors (Lipinski definition) is 2. The van der Waals surface area contributed by atoms with Crippen LogP contribution in [0.15, 0.2) is 47.4 Å². The highest BCUT2D eigenvalue weighted by atomic mass is 32.2. The van der Waals surface area contributed by atoms with Crippen molar-refractivity contribution in [1.82, 2.24) is 5.32 Å². The Morgan fingerprint density at radius 1 is 0.963 bits per heavy atom. The van der Waals surface area contributed by atoms with Gasteiger partial charge in [-0.3, -0.25) is 9.52 Å². The minimum absolute atomic E-state index is 0.0820. The second-order valence-corrected chi connectivity index (χ2v) is 8.08. The van der Waals surface area contributed by atoms with E-state index in [2.05, 4.69) is 10.0 Å². The number of para-hydroxylation sites is 1. The van der Waals surface area contributed by atoms with Crippen LogP contribution in [0.5, 0.6) is 0 Å². The van der Waals surface area contributed by atoms with Gasteiger partial charge < -0.3 is 5.32 Å². The quantitative estimate of drug-likeness (QED) is 0.634. The van der Waals surface area contributed by atoms with Gasteiger partial charge in [0.15, 0.2) is 0 Å². The molecular weight excluding hydrogens is 360 g/mol. The van der Waals surface area contributed by atoms with Gasteiger partial charge in [-0.05, 0) is 48.6 Å². The zero-order valence-electron chi connectivity index (χ0n) is 16.2. The summed E-state index contributed by atoms with van der Waals surface area (Å²) in [4.78, 5) is 12.3. The van der Waals surface area contributed by atoms with E-state index in [1.165, 1.54) is 12.1 Å². The van der Waals surface area contributed by atoms with Crippen LogP contribution in [0.25, 0.3) is 0 Å². The summed E-state index contributed by atoms with van der Waals surface area (Å²) < 4.78 is 28.6. The molecule has 146 valence electrons. The Bertz CT molecular complexity index is 870. The first-order valence-electron chi connectivity index (χ1n) is 9.44. The van der Waals surface area contributed by atoms with Crippen LogP contribution in [0.4, 0.5) is 5.69 Å². The maximum absolute atomic E-state index is 12.9. The molecule has 0 aliphatic rings. The summed E-state index contributed by atoms with van der Waals surface area (Å²) >= 11 is 0. The molecule has 0 atom stereocenters. The Labute approximate surface area is 162 Å². The first-order valence-corrected chi connectivity index (χ1v) is 10.9. The van der Waals surface area contributed by atoms with Crippen molar-refractivity contribution >= 4 is 21.6 Å². The number of anilines is 1. The van der Waals surface area contributed by atoms with Crippen molar-refractivity contribution in [2.75, 3.05) is 11.3 Å². The zero-order chi connectivity index (χ0) is 19.9. The molecule has 0 saturated carbocycles. The van der Waals surface area contributed by atoms with Crippen molar-refractivity contribution in [1.29, 1.82) is 0 Å². The largest absolute Gasteiger partial charge is 0.352 e. The summed E-state index contributed by atoms with van der Waals surface area (Å²) in [5.74, 6) is -0.260. The molecule has 6 heteroatoms. The molecule has 27 heavy (non-hydrogen) atoms. The number of nitrogens with one attached hydrogen (secondary N) is 2. The predicted octanol–water partition coefficient (Wildman–Crippen LogP) is 4.14. The highest BCUT2D eigenvalue weighted by molar-refractivity contribution is 7.92. The zero-order valence-corrected chi connectivity index (χ0v) is 17.0. The third kappa shape index (κ3) is 5.32. The number of hydrogen-bond acceptors (Lipinski definition) is 3. The number of rotatable bonds is 9. The summed E-state index contributed by atoms with van der Waals surface area (Å²) in [6.07, 6.45) is 3.32. The van der Waals surface area contributed by atoms with Crippen molar-refractivity contribution in [3.63, 3.8) is 0 Å². The molecule has 2 aromatic rings. The van der Waals surface area contributed by atoms with E-state index < -0.39 is 10.0 Å². The molecular formula is C21H28N2O3S. The minimum atomic E-state index is -3.79. The molecule has 0 unspecified atom stereocenters. The van der Waals surface area contributed by atoms with Crippen molar-refractivity contribution < 1.29 is 13.2 Å². The van der Waals surface area contributed by atoms with E-state index >= 15 is 0 Å². The number of sulfonamides is 1. The van der Waals surface area contributed by atoms with Crippen molar-refractivity contribution in [2.24, 2.45) is 0 Å². The summed E-state index contributed by atoms with van der Waals surface area (Å²) in [6, 6.07) is 11.9. The van der Waals surface area contributed by atoms with E-state index in [4.69, 9.17) is 0 Å². The maximum atomic E-state index is 12.9. The van der Waals surface area contributed by atoms with Crippen LogP contribution < -0.4 is 10.0 Å². The molecule has 0 heterocycles. The molecule has 2 rings (SSSR count). The van der Waals surface area contributed by atoms with Crippen LogP contribution in [0, 0.1) is 0 Å². The van der Waals surface area contributed by atoms with E-state index in [0.29, 0.717) is 17.8 Å². The van der Waals surface area contributed by atoms with E-state index in [1.807, 2.05) is 39.0 Å². The van der Waals surface area contributed by atoms with E-state index in [-0.39, 0.29) is 10.8 Å². The van der Waals surface area contributed by atoms with E-state index in [1.54, 1.807) is 12.1 Å². The fraction of sp³-hybridized carbons (Fsp3) is 0.381. The summed E-state index contributed by atoms with van der Waals surface area (Å²) in [6.45, 7) is 6.61. The van der Waals surface area contributed by atoms with Gasteiger partial charge in [-0.1, -0.05) is 51.5 Å². The van der Waals surface area contributed by atoms with Gasteiger partial charge in [0, 0.05) is 12.1 Å².